The molecule has 0 radical (unpaired) electrons. The van der Waals surface area contributed by atoms with E-state index in [2.05, 4.69) is 50.8 Å². The van der Waals surface area contributed by atoms with Crippen molar-refractivity contribution in [1.29, 1.82) is 0 Å². The molecule has 7 heteroatoms. The van der Waals surface area contributed by atoms with E-state index in [1.54, 1.807) is 24.3 Å². The van der Waals surface area contributed by atoms with Crippen LogP contribution in [-0.4, -0.2) is 60.9 Å². The number of nitrogens with one attached hydrogen (secondary N) is 2. The zero-order valence-electron chi connectivity index (χ0n) is 20.9. The van der Waals surface area contributed by atoms with Gasteiger partial charge in [-0.05, 0) is 48.4 Å². The van der Waals surface area contributed by atoms with Crippen LogP contribution in [0.25, 0.3) is 6.08 Å². The third-order valence-corrected chi connectivity index (χ3v) is 6.68. The van der Waals surface area contributed by atoms with Crippen molar-refractivity contribution in [3.8, 4) is 5.75 Å². The molecule has 3 aromatic rings. The van der Waals surface area contributed by atoms with Gasteiger partial charge in [0.2, 0.25) is 0 Å². The zero-order chi connectivity index (χ0) is 25.5. The summed E-state index contributed by atoms with van der Waals surface area (Å²) < 4.78 is 5.80. The number of hydrogen-bond acceptors (Lipinski definition) is 5. The quantitative estimate of drug-likeness (QED) is 0.364. The van der Waals surface area contributed by atoms with Gasteiger partial charge in [-0.25, -0.2) is 0 Å². The van der Waals surface area contributed by atoms with Crippen LogP contribution >= 0.6 is 0 Å². The number of carbonyl (C=O) groups is 2. The first-order valence-electron chi connectivity index (χ1n) is 12.8. The molecule has 0 aromatic heterocycles. The number of piperazine rings is 1. The maximum atomic E-state index is 12.7. The number of rotatable bonds is 8. The van der Waals surface area contributed by atoms with Crippen molar-refractivity contribution < 1.29 is 14.3 Å². The smallest absolute Gasteiger partial charge is 0.291 e. The Morgan fingerprint density at radius 2 is 1.62 bits per heavy atom. The molecular weight excluding hydrogens is 464 g/mol. The maximum absolute atomic E-state index is 12.7. The van der Waals surface area contributed by atoms with Crippen LogP contribution in [0.3, 0.4) is 0 Å². The van der Waals surface area contributed by atoms with Gasteiger partial charge in [-0.2, -0.15) is 0 Å². The second kappa shape index (κ2) is 11.9. The Balaban J connectivity index is 1.06. The molecule has 2 aliphatic rings. The maximum Gasteiger partial charge on any atom is 0.291 e. The number of benzene rings is 3. The highest BCUT2D eigenvalue weighted by Gasteiger charge is 2.23. The summed E-state index contributed by atoms with van der Waals surface area (Å²) in [6.45, 7) is 6.79. The molecule has 0 spiro atoms. The summed E-state index contributed by atoms with van der Waals surface area (Å²) in [6.07, 6.45) is 2.59. The number of carbonyl (C=O) groups excluding carboxylic acids is 2. The van der Waals surface area contributed by atoms with E-state index in [9.17, 15) is 9.59 Å². The van der Waals surface area contributed by atoms with Gasteiger partial charge >= 0.3 is 0 Å². The molecule has 0 unspecified atom stereocenters. The lowest BCUT2D eigenvalue weighted by Crippen LogP contribution is -2.46. The van der Waals surface area contributed by atoms with Gasteiger partial charge in [-0.3, -0.25) is 14.5 Å². The molecule has 37 heavy (non-hydrogen) atoms. The van der Waals surface area contributed by atoms with E-state index in [4.69, 9.17) is 4.74 Å². The van der Waals surface area contributed by atoms with Gasteiger partial charge < -0.3 is 20.3 Å². The van der Waals surface area contributed by atoms with E-state index in [1.165, 1.54) is 5.56 Å². The molecule has 2 N–H and O–H groups in total. The second-order valence-corrected chi connectivity index (χ2v) is 9.40. The highest BCUT2D eigenvalue weighted by molar-refractivity contribution is 6.09. The fourth-order valence-electron chi connectivity index (χ4n) is 4.62. The molecular formula is C30H32N4O3. The van der Waals surface area contributed by atoms with Gasteiger partial charge in [0.1, 0.15) is 0 Å². The Morgan fingerprint density at radius 3 is 2.38 bits per heavy atom. The summed E-state index contributed by atoms with van der Waals surface area (Å²) >= 11 is 0. The molecule has 5 rings (SSSR count). The Morgan fingerprint density at radius 1 is 0.919 bits per heavy atom. The molecule has 7 nitrogen and oxygen atoms in total. The van der Waals surface area contributed by atoms with Crippen molar-refractivity contribution in [1.82, 2.24) is 15.1 Å². The largest absolute Gasteiger partial charge is 0.449 e. The summed E-state index contributed by atoms with van der Waals surface area (Å²) in [5, 5.41) is 5.83. The van der Waals surface area contributed by atoms with Crippen molar-refractivity contribution in [3.63, 3.8) is 0 Å². The lowest BCUT2D eigenvalue weighted by molar-refractivity contribution is -0.115. The van der Waals surface area contributed by atoms with Gasteiger partial charge in [-0.15, -0.1) is 0 Å². The first kappa shape index (κ1) is 24.7. The predicted molar refractivity (Wildman–Crippen MR) is 145 cm³/mol. The van der Waals surface area contributed by atoms with Gasteiger partial charge in [0.15, 0.2) is 11.5 Å². The molecule has 2 heterocycles. The van der Waals surface area contributed by atoms with Gasteiger partial charge in [0.25, 0.3) is 11.8 Å². The fraction of sp³-hybridized carbons (Fsp3) is 0.267. The molecule has 190 valence electrons. The van der Waals surface area contributed by atoms with E-state index >= 15 is 0 Å². The molecule has 1 saturated heterocycles. The Bertz CT molecular complexity index is 1250. The SMILES string of the molecule is O=C1Nc2cc(C(=O)NCCCN3CCN(Cc4ccccc4)CC3)ccc2OC1=Cc1ccccc1. The minimum atomic E-state index is -0.335. The highest BCUT2D eigenvalue weighted by Crippen LogP contribution is 2.32. The zero-order valence-corrected chi connectivity index (χ0v) is 20.9. The van der Waals surface area contributed by atoms with Crippen LogP contribution in [0.15, 0.2) is 84.6 Å². The molecule has 0 aliphatic carbocycles. The molecule has 3 aromatic carbocycles. The first-order valence-corrected chi connectivity index (χ1v) is 12.8. The van der Waals surface area contributed by atoms with Crippen LogP contribution in [0.4, 0.5) is 5.69 Å². The molecule has 0 bridgehead atoms. The van der Waals surface area contributed by atoms with Crippen LogP contribution in [0.1, 0.15) is 27.9 Å². The number of fused-ring (bicyclic) bond motifs is 1. The number of ether oxygens (including phenoxy) is 1. The highest BCUT2D eigenvalue weighted by atomic mass is 16.5. The normalized spacial score (nSPS) is 17.1. The average molecular weight is 497 g/mol. The topological polar surface area (TPSA) is 73.9 Å². The number of hydrogen-bond donors (Lipinski definition) is 2. The molecule has 2 amide bonds. The summed E-state index contributed by atoms with van der Waals surface area (Å²) in [5.74, 6) is 0.245. The Kier molecular flexibility index (Phi) is 7.93. The van der Waals surface area contributed by atoms with E-state index < -0.39 is 0 Å². The third kappa shape index (κ3) is 6.64. The lowest BCUT2D eigenvalue weighted by atomic mass is 10.1. The van der Waals surface area contributed by atoms with Crippen LogP contribution in [-0.2, 0) is 11.3 Å². The Labute approximate surface area is 217 Å². The number of anilines is 1. The van der Waals surface area contributed by atoms with Gasteiger partial charge in [-0.1, -0.05) is 60.7 Å². The van der Waals surface area contributed by atoms with Crippen LogP contribution < -0.4 is 15.4 Å². The van der Waals surface area contributed by atoms with Crippen molar-refractivity contribution >= 4 is 23.6 Å². The first-order chi connectivity index (χ1) is 18.1. The van der Waals surface area contributed by atoms with Crippen LogP contribution in [0.2, 0.25) is 0 Å². The standard InChI is InChI=1S/C30H32N4O3/c35-29(31-14-7-15-33-16-18-34(19-17-33)22-24-10-5-2-6-11-24)25-12-13-27-26(21-25)32-30(36)28(37-27)20-23-8-3-1-4-9-23/h1-6,8-13,20-21H,7,14-19,22H2,(H,31,35)(H,32,36). The third-order valence-electron chi connectivity index (χ3n) is 6.68. The Hall–Kier alpha value is -3.94. The summed E-state index contributed by atoms with van der Waals surface area (Å²) in [5.41, 5.74) is 3.22. The van der Waals surface area contributed by atoms with E-state index in [0.717, 1.165) is 51.3 Å². The second-order valence-electron chi connectivity index (χ2n) is 9.40. The van der Waals surface area contributed by atoms with Gasteiger partial charge in [0.05, 0.1) is 5.69 Å². The summed E-state index contributed by atoms with van der Waals surface area (Å²) in [6, 6.07) is 25.2. The van der Waals surface area contributed by atoms with Crippen molar-refractivity contribution in [2.24, 2.45) is 0 Å². The van der Waals surface area contributed by atoms with E-state index in [0.29, 0.717) is 23.5 Å². The monoisotopic (exact) mass is 496 g/mol. The van der Waals surface area contributed by atoms with Crippen molar-refractivity contribution in [2.75, 3.05) is 44.6 Å². The fourth-order valence-corrected chi connectivity index (χ4v) is 4.62. The number of amides is 2. The minimum Gasteiger partial charge on any atom is -0.449 e. The molecule has 0 saturated carbocycles. The predicted octanol–water partition coefficient (Wildman–Crippen LogP) is 4.00. The molecule has 1 fully saturated rings. The number of nitrogens with zero attached hydrogens (tertiary/aromatic N) is 2. The summed E-state index contributed by atoms with van der Waals surface area (Å²) in [4.78, 5) is 30.1. The van der Waals surface area contributed by atoms with Crippen LogP contribution in [0, 0.1) is 0 Å². The van der Waals surface area contributed by atoms with Crippen molar-refractivity contribution in [2.45, 2.75) is 13.0 Å². The van der Waals surface area contributed by atoms with Gasteiger partial charge in [0, 0.05) is 44.8 Å². The molecule has 0 atom stereocenters. The van der Waals surface area contributed by atoms with E-state index in [-0.39, 0.29) is 17.6 Å². The minimum absolute atomic E-state index is 0.157. The van der Waals surface area contributed by atoms with Crippen molar-refractivity contribution in [3.05, 3.63) is 101 Å². The molecule has 2 aliphatic heterocycles. The summed E-state index contributed by atoms with van der Waals surface area (Å²) in [7, 11) is 0. The van der Waals surface area contributed by atoms with Crippen LogP contribution in [0.5, 0.6) is 5.75 Å². The van der Waals surface area contributed by atoms with E-state index in [1.807, 2.05) is 30.3 Å². The lowest BCUT2D eigenvalue weighted by Gasteiger charge is -2.34. The average Bonchev–Trinajstić information content (AvgIpc) is 2.93.